The highest BCUT2D eigenvalue weighted by atomic mass is 16.5. The van der Waals surface area contributed by atoms with Crippen molar-refractivity contribution in [3.8, 4) is 0 Å². The first-order valence-electron chi connectivity index (χ1n) is 42.2. The molecule has 648 valence electrons. The summed E-state index contributed by atoms with van der Waals surface area (Å²) < 4.78 is 19.1. The van der Waals surface area contributed by atoms with Crippen molar-refractivity contribution >= 4 is 35.6 Å². The molecule has 15 nitrogen and oxygen atoms in total. The number of ketones is 1. The van der Waals surface area contributed by atoms with Gasteiger partial charge in [-0.05, 0) is 85.6 Å². The highest BCUT2D eigenvalue weighted by Gasteiger charge is 2.44. The number of aliphatic carboxylic acids is 1. The van der Waals surface area contributed by atoms with Gasteiger partial charge in [0, 0.05) is 30.1 Å². The van der Waals surface area contributed by atoms with Gasteiger partial charge >= 0.3 is 29.8 Å². The molecule has 5 aliphatic rings. The lowest BCUT2D eigenvalue weighted by Gasteiger charge is -2.20. The molecule has 0 bridgehead atoms. The maximum Gasteiger partial charge on any atom is 0.309 e. The number of benzene rings is 5. The van der Waals surface area contributed by atoms with Crippen molar-refractivity contribution in [1.29, 1.82) is 0 Å². The van der Waals surface area contributed by atoms with Gasteiger partial charge in [-0.25, -0.2) is 0 Å². The molecule has 5 saturated carbocycles. The molecule has 10 rings (SSSR count). The van der Waals surface area contributed by atoms with Gasteiger partial charge in [0.25, 0.3) is 0 Å². The number of Topliss-reactive ketones (excluding diaryl/α,β-unsaturated/α-hetero) is 1. The Morgan fingerprint density at radius 1 is 0.261 bits per heavy atom. The average molecular weight is 1570 g/mol. The molecule has 0 spiro atoms. The number of hydrogen-bond acceptors (Lipinski definition) is 14. The van der Waals surface area contributed by atoms with Gasteiger partial charge in [0.15, 0.2) is 0 Å². The van der Waals surface area contributed by atoms with E-state index in [2.05, 4.69) is 0 Å². The van der Waals surface area contributed by atoms with Crippen LogP contribution in [0.3, 0.4) is 0 Å². The number of carbonyl (C=O) groups excluding carboxylic acids is 5. The summed E-state index contributed by atoms with van der Waals surface area (Å²) in [5.74, 6) is -3.87. The Hall–Kier alpha value is -7.04. The third-order valence-corrected chi connectivity index (χ3v) is 16.2. The predicted molar refractivity (Wildman–Crippen MR) is 478 cm³/mol. The molecular weight excluding hydrogens is 1390 g/mol. The third-order valence-electron chi connectivity index (χ3n) is 16.2. The molecule has 0 aromatic heterocycles. The zero-order chi connectivity index (χ0) is 87.0. The van der Waals surface area contributed by atoms with Gasteiger partial charge in [-0.3, -0.25) is 28.8 Å². The van der Waals surface area contributed by atoms with Crippen molar-refractivity contribution in [2.45, 2.75) is 341 Å². The molecule has 0 amide bonds. The minimum Gasteiger partial charge on any atom is -0.481 e. The maximum absolute atomic E-state index is 11.8. The molecule has 0 heterocycles. The van der Waals surface area contributed by atoms with Crippen LogP contribution in [0, 0.1) is 29.6 Å². The van der Waals surface area contributed by atoms with Crippen LogP contribution in [0.5, 0.6) is 0 Å². The van der Waals surface area contributed by atoms with Crippen LogP contribution >= 0.6 is 0 Å². The largest absolute Gasteiger partial charge is 0.481 e. The first-order chi connectivity index (χ1) is 53.1. The Bertz CT molecular complexity index is 2520. The van der Waals surface area contributed by atoms with Crippen LogP contribution in [0.4, 0.5) is 0 Å². The molecule has 5 N–H and O–H groups in total. The van der Waals surface area contributed by atoms with E-state index in [1.807, 2.05) is 359 Å². The van der Waals surface area contributed by atoms with E-state index in [4.69, 9.17) is 24.1 Å². The summed E-state index contributed by atoms with van der Waals surface area (Å²) in [5, 5.41) is 48.7. The molecule has 5 aliphatic carbocycles. The molecule has 14 atom stereocenters. The number of methoxy groups -OCH3 is 4. The Morgan fingerprint density at radius 2 is 0.432 bits per heavy atom. The highest BCUT2D eigenvalue weighted by Crippen LogP contribution is 2.44. The lowest BCUT2D eigenvalue weighted by molar-refractivity contribution is -0.147. The van der Waals surface area contributed by atoms with Gasteiger partial charge in [0.2, 0.25) is 0 Å². The molecule has 5 aromatic carbocycles. The smallest absolute Gasteiger partial charge is 0.309 e. The van der Waals surface area contributed by atoms with Crippen molar-refractivity contribution in [3.63, 3.8) is 0 Å². The summed E-state index contributed by atoms with van der Waals surface area (Å²) in [4.78, 5) is 69.2. The molecule has 5 fully saturated rings. The standard InChI is InChI=1S/3C13H16O3.C13H14O3.C12H14O3.15C2H6.2CH4/c4*1-16-13(15)10-7-8-11(14)12(10)9-5-3-2-4-6-9;13-10-7-6-9(12(14)15)11(10)8-4-2-1-3-5-8;15*1-2;;/h3*2-6,10-12,14H,7-8H2,1H3;2-6,10,12H,7-8H2,1H3;1-5,9-11,13H,6-7H2,(H,14,15);15*1-2H3;2*1H4. The first kappa shape index (κ1) is 130. The molecule has 111 heavy (non-hydrogen) atoms. The van der Waals surface area contributed by atoms with Gasteiger partial charge in [-0.1, -0.05) is 374 Å². The quantitative estimate of drug-likeness (QED) is 0.0645. The van der Waals surface area contributed by atoms with E-state index in [9.17, 15) is 49.2 Å². The van der Waals surface area contributed by atoms with Crippen LogP contribution in [0.15, 0.2) is 152 Å². The number of aliphatic hydroxyl groups is 4. The summed E-state index contributed by atoms with van der Waals surface area (Å²) in [6.07, 6.45) is 4.49. The number of rotatable bonds is 10. The fourth-order valence-corrected chi connectivity index (χ4v) is 12.3. The van der Waals surface area contributed by atoms with Crippen LogP contribution < -0.4 is 0 Å². The van der Waals surface area contributed by atoms with E-state index < -0.39 is 36.3 Å². The lowest BCUT2D eigenvalue weighted by atomic mass is 9.88. The summed E-state index contributed by atoms with van der Waals surface area (Å²) in [5.41, 5.74) is 4.89. The van der Waals surface area contributed by atoms with E-state index in [-0.39, 0.29) is 97.8 Å². The normalized spacial score (nSPS) is 21.0. The van der Waals surface area contributed by atoms with Crippen molar-refractivity contribution in [3.05, 3.63) is 179 Å². The zero-order valence-electron chi connectivity index (χ0n) is 75.4. The zero-order valence-corrected chi connectivity index (χ0v) is 75.4. The second-order valence-corrected chi connectivity index (χ2v) is 20.7. The molecular formula is C96H174O15. The van der Waals surface area contributed by atoms with Crippen LogP contribution in [-0.2, 0) is 47.7 Å². The summed E-state index contributed by atoms with van der Waals surface area (Å²) in [6, 6.07) is 47.9. The Balaban J connectivity index is -0.000000101. The molecule has 0 aliphatic heterocycles. The molecule has 14 unspecified atom stereocenters. The molecule has 0 radical (unpaired) electrons. The number of aliphatic hydroxyl groups excluding tert-OH is 4. The van der Waals surface area contributed by atoms with Gasteiger partial charge in [-0.15, -0.1) is 0 Å². The topological polar surface area (TPSA) is 240 Å². The SMILES string of the molecule is C.C.CC.CC.CC.CC.CC.CC.CC.CC.CC.CC.CC.CC.CC.CC.CC.COC(=O)C1CCC(=O)C1c1ccccc1.COC(=O)C1CCC(O)C1c1ccccc1.COC(=O)C1CCC(O)C1c1ccccc1.COC(=O)C1CCC(O)C1c1ccccc1.O=C(O)C1CCC(O)C1c1ccccc1. The second-order valence-electron chi connectivity index (χ2n) is 20.7. The number of ether oxygens (including phenoxy) is 4. The van der Waals surface area contributed by atoms with E-state index in [1.54, 1.807) is 0 Å². The second kappa shape index (κ2) is 93.6. The Labute approximate surface area is 683 Å². The van der Waals surface area contributed by atoms with Crippen molar-refractivity contribution < 1.29 is 73.2 Å². The fraction of sp³-hybridized carbons (Fsp3) is 0.625. The Morgan fingerprint density at radius 3 is 0.622 bits per heavy atom. The van der Waals surface area contributed by atoms with Crippen LogP contribution in [0.1, 0.15) is 344 Å². The predicted octanol–water partition coefficient (Wildman–Crippen LogP) is 25.4. The van der Waals surface area contributed by atoms with E-state index in [0.29, 0.717) is 64.2 Å². The maximum atomic E-state index is 11.8. The lowest BCUT2D eigenvalue weighted by Crippen LogP contribution is -2.24. The van der Waals surface area contributed by atoms with E-state index >= 15 is 0 Å². The molecule has 5 aromatic rings. The highest BCUT2D eigenvalue weighted by molar-refractivity contribution is 5.94. The molecule has 15 heteroatoms. The van der Waals surface area contributed by atoms with Gasteiger partial charge < -0.3 is 44.5 Å². The molecule has 0 saturated heterocycles. The minimum absolute atomic E-state index is 0. The van der Waals surface area contributed by atoms with E-state index in [1.165, 1.54) is 28.4 Å². The van der Waals surface area contributed by atoms with Crippen molar-refractivity contribution in [2.24, 2.45) is 29.6 Å². The monoisotopic (exact) mass is 1570 g/mol. The Kier molecular flexibility index (Phi) is 110. The number of hydrogen-bond donors (Lipinski definition) is 5. The summed E-state index contributed by atoms with van der Waals surface area (Å²) in [7, 11) is 5.56. The van der Waals surface area contributed by atoms with Gasteiger partial charge in [-0.2, -0.15) is 0 Å². The fourth-order valence-electron chi connectivity index (χ4n) is 12.3. The van der Waals surface area contributed by atoms with Crippen molar-refractivity contribution in [1.82, 2.24) is 0 Å². The number of carboxylic acid groups (broad SMARTS) is 1. The van der Waals surface area contributed by atoms with Gasteiger partial charge in [0.1, 0.15) is 5.78 Å². The van der Waals surface area contributed by atoms with Crippen LogP contribution in [-0.4, -0.2) is 114 Å². The van der Waals surface area contributed by atoms with Crippen LogP contribution in [0.25, 0.3) is 0 Å². The minimum atomic E-state index is -0.805. The average Bonchev–Trinajstić information content (AvgIpc) is 1.73. The third kappa shape index (κ3) is 49.3. The number of esters is 4. The summed E-state index contributed by atoms with van der Waals surface area (Å²) >= 11 is 0. The number of carbonyl (C=O) groups is 6. The number of carboxylic acids is 1. The summed E-state index contributed by atoms with van der Waals surface area (Å²) in [6.45, 7) is 60.0. The first-order valence-corrected chi connectivity index (χ1v) is 42.2. The van der Waals surface area contributed by atoms with Gasteiger partial charge in [0.05, 0.1) is 88.4 Å². The van der Waals surface area contributed by atoms with E-state index in [0.717, 1.165) is 27.8 Å². The van der Waals surface area contributed by atoms with Crippen molar-refractivity contribution in [2.75, 3.05) is 28.4 Å². The van der Waals surface area contributed by atoms with Crippen LogP contribution in [0.2, 0.25) is 0 Å².